The third kappa shape index (κ3) is 4.04. The van der Waals surface area contributed by atoms with Gasteiger partial charge < -0.3 is 5.11 Å². The van der Waals surface area contributed by atoms with E-state index < -0.39 is 22.0 Å². The second-order valence-corrected chi connectivity index (χ2v) is 8.02. The van der Waals surface area contributed by atoms with Gasteiger partial charge in [-0.1, -0.05) is 32.9 Å². The Morgan fingerprint density at radius 2 is 1.62 bits per heavy atom. The van der Waals surface area contributed by atoms with Crippen molar-refractivity contribution in [1.82, 2.24) is 4.72 Å². The third-order valence-corrected chi connectivity index (χ3v) is 5.14. The predicted molar refractivity (Wildman–Crippen MR) is 82.0 cm³/mol. The molecule has 0 saturated carbocycles. The highest BCUT2D eigenvalue weighted by Gasteiger charge is 2.26. The third-order valence-electron chi connectivity index (χ3n) is 3.30. The number of sulfonamides is 1. The standard InChI is InChI=1S/C15H23NO4S/c1-9-7-12(15(4,5)6)8-10(2)13(9)21(19,20)16-11(3)14(17)18/h7-8,11,16H,1-6H3,(H,17,18). The topological polar surface area (TPSA) is 83.5 Å². The molecule has 1 aromatic rings. The van der Waals surface area contributed by atoms with E-state index in [1.807, 2.05) is 12.1 Å². The fourth-order valence-electron chi connectivity index (χ4n) is 2.15. The van der Waals surface area contributed by atoms with Crippen LogP contribution < -0.4 is 4.72 Å². The first-order valence-electron chi connectivity index (χ1n) is 6.73. The maximum absolute atomic E-state index is 12.4. The Labute approximate surface area is 126 Å². The van der Waals surface area contributed by atoms with E-state index in [2.05, 4.69) is 25.5 Å². The fourth-order valence-corrected chi connectivity index (χ4v) is 3.80. The van der Waals surface area contributed by atoms with Crippen LogP contribution in [-0.4, -0.2) is 25.5 Å². The lowest BCUT2D eigenvalue weighted by molar-refractivity contribution is -0.138. The first-order valence-corrected chi connectivity index (χ1v) is 8.21. The Morgan fingerprint density at radius 1 is 1.19 bits per heavy atom. The summed E-state index contributed by atoms with van der Waals surface area (Å²) in [6, 6.07) is 2.51. The highest BCUT2D eigenvalue weighted by molar-refractivity contribution is 7.89. The molecule has 1 aromatic carbocycles. The molecule has 1 rings (SSSR count). The van der Waals surface area contributed by atoms with Gasteiger partial charge in [0.2, 0.25) is 10.0 Å². The second-order valence-electron chi connectivity index (χ2n) is 6.37. The van der Waals surface area contributed by atoms with Gasteiger partial charge in [-0.25, -0.2) is 8.42 Å². The SMILES string of the molecule is Cc1cc(C(C)(C)C)cc(C)c1S(=O)(=O)NC(C)C(=O)O. The Hall–Kier alpha value is -1.40. The van der Waals surface area contributed by atoms with E-state index in [4.69, 9.17) is 5.11 Å². The lowest BCUT2D eigenvalue weighted by Crippen LogP contribution is -2.38. The summed E-state index contributed by atoms with van der Waals surface area (Å²) in [5, 5.41) is 8.85. The number of aliphatic carboxylic acids is 1. The van der Waals surface area contributed by atoms with E-state index in [0.29, 0.717) is 11.1 Å². The van der Waals surface area contributed by atoms with Crippen molar-refractivity contribution in [2.45, 2.75) is 57.9 Å². The van der Waals surface area contributed by atoms with Crippen molar-refractivity contribution in [2.75, 3.05) is 0 Å². The lowest BCUT2D eigenvalue weighted by atomic mass is 9.85. The summed E-state index contributed by atoms with van der Waals surface area (Å²) in [6.45, 7) is 10.9. The van der Waals surface area contributed by atoms with Gasteiger partial charge in [0.15, 0.2) is 0 Å². The molecule has 0 heterocycles. The molecular formula is C15H23NO4S. The molecule has 0 radical (unpaired) electrons. The van der Waals surface area contributed by atoms with Crippen LogP contribution in [0.25, 0.3) is 0 Å². The molecule has 0 aliphatic carbocycles. The number of nitrogens with one attached hydrogen (secondary N) is 1. The zero-order chi connectivity index (χ0) is 16.6. The van der Waals surface area contributed by atoms with Crippen molar-refractivity contribution < 1.29 is 18.3 Å². The number of carbonyl (C=O) groups is 1. The monoisotopic (exact) mass is 313 g/mol. The van der Waals surface area contributed by atoms with Crippen LogP contribution in [0.4, 0.5) is 0 Å². The van der Waals surface area contributed by atoms with Crippen LogP contribution in [0, 0.1) is 13.8 Å². The molecule has 5 nitrogen and oxygen atoms in total. The minimum atomic E-state index is -3.86. The lowest BCUT2D eigenvalue weighted by Gasteiger charge is -2.22. The van der Waals surface area contributed by atoms with Crippen molar-refractivity contribution >= 4 is 16.0 Å². The second kappa shape index (κ2) is 5.77. The number of carboxylic acids is 1. The fraction of sp³-hybridized carbons (Fsp3) is 0.533. The molecule has 1 atom stereocenters. The van der Waals surface area contributed by atoms with Gasteiger partial charge in [0.05, 0.1) is 4.90 Å². The highest BCUT2D eigenvalue weighted by Crippen LogP contribution is 2.29. The van der Waals surface area contributed by atoms with E-state index in [1.54, 1.807) is 13.8 Å². The molecule has 0 spiro atoms. The molecule has 0 aromatic heterocycles. The van der Waals surface area contributed by atoms with Gasteiger partial charge in [-0.15, -0.1) is 0 Å². The molecule has 0 saturated heterocycles. The van der Waals surface area contributed by atoms with E-state index in [9.17, 15) is 13.2 Å². The van der Waals surface area contributed by atoms with E-state index in [1.165, 1.54) is 6.92 Å². The molecule has 6 heteroatoms. The molecule has 1 unspecified atom stereocenters. The maximum atomic E-state index is 12.4. The van der Waals surface area contributed by atoms with Gasteiger partial charge in [-0.05, 0) is 42.9 Å². The van der Waals surface area contributed by atoms with Crippen LogP contribution in [0.2, 0.25) is 0 Å². The Morgan fingerprint density at radius 3 is 1.95 bits per heavy atom. The van der Waals surface area contributed by atoms with E-state index in [-0.39, 0.29) is 10.3 Å². The van der Waals surface area contributed by atoms with Gasteiger partial charge in [0.25, 0.3) is 0 Å². The van der Waals surface area contributed by atoms with Crippen LogP contribution in [0.5, 0.6) is 0 Å². The molecule has 0 amide bonds. The number of aryl methyl sites for hydroxylation is 2. The van der Waals surface area contributed by atoms with Crippen LogP contribution in [-0.2, 0) is 20.2 Å². The number of hydrogen-bond donors (Lipinski definition) is 2. The van der Waals surface area contributed by atoms with Crippen molar-refractivity contribution in [1.29, 1.82) is 0 Å². The summed E-state index contributed by atoms with van der Waals surface area (Å²) >= 11 is 0. The normalized spacial score (nSPS) is 14.0. The summed E-state index contributed by atoms with van der Waals surface area (Å²) in [4.78, 5) is 11.0. The zero-order valence-corrected chi connectivity index (χ0v) is 14.1. The average molecular weight is 313 g/mol. The number of carboxylic acid groups (broad SMARTS) is 1. The number of benzene rings is 1. The predicted octanol–water partition coefficient (Wildman–Crippen LogP) is 2.35. The van der Waals surface area contributed by atoms with Gasteiger partial charge in [-0.2, -0.15) is 4.72 Å². The van der Waals surface area contributed by atoms with Crippen molar-refractivity contribution in [3.8, 4) is 0 Å². The first-order chi connectivity index (χ1) is 9.36. The van der Waals surface area contributed by atoms with Crippen LogP contribution >= 0.6 is 0 Å². The number of rotatable bonds is 4. The maximum Gasteiger partial charge on any atom is 0.321 e. The minimum absolute atomic E-state index is 0.0837. The zero-order valence-electron chi connectivity index (χ0n) is 13.3. The van der Waals surface area contributed by atoms with E-state index >= 15 is 0 Å². The van der Waals surface area contributed by atoms with Crippen molar-refractivity contribution in [3.05, 3.63) is 28.8 Å². The largest absolute Gasteiger partial charge is 0.480 e. The summed E-state index contributed by atoms with van der Waals surface area (Å²) in [5.74, 6) is -1.21. The summed E-state index contributed by atoms with van der Waals surface area (Å²) in [7, 11) is -3.86. The number of hydrogen-bond acceptors (Lipinski definition) is 3. The van der Waals surface area contributed by atoms with Crippen molar-refractivity contribution in [2.24, 2.45) is 0 Å². The van der Waals surface area contributed by atoms with E-state index in [0.717, 1.165) is 5.56 Å². The van der Waals surface area contributed by atoms with Crippen LogP contribution in [0.1, 0.15) is 44.4 Å². The first kappa shape index (κ1) is 17.7. The molecule has 0 fully saturated rings. The molecular weight excluding hydrogens is 290 g/mol. The van der Waals surface area contributed by atoms with Crippen molar-refractivity contribution in [3.63, 3.8) is 0 Å². The van der Waals surface area contributed by atoms with Gasteiger partial charge in [-0.3, -0.25) is 4.79 Å². The highest BCUT2D eigenvalue weighted by atomic mass is 32.2. The summed E-state index contributed by atoms with van der Waals surface area (Å²) in [5.41, 5.74) is 2.19. The molecule has 0 aliphatic heterocycles. The van der Waals surface area contributed by atoms with Gasteiger partial charge in [0.1, 0.15) is 6.04 Å². The Bertz CT molecular complexity index is 634. The molecule has 2 N–H and O–H groups in total. The minimum Gasteiger partial charge on any atom is -0.480 e. The smallest absolute Gasteiger partial charge is 0.321 e. The Kier molecular flexibility index (Phi) is 4.85. The average Bonchev–Trinajstić information content (AvgIpc) is 2.25. The molecule has 21 heavy (non-hydrogen) atoms. The Balaban J connectivity index is 3.35. The van der Waals surface area contributed by atoms with Gasteiger partial charge in [0, 0.05) is 0 Å². The summed E-state index contributed by atoms with van der Waals surface area (Å²) in [6.07, 6.45) is 0. The van der Waals surface area contributed by atoms with Gasteiger partial charge >= 0.3 is 5.97 Å². The summed E-state index contributed by atoms with van der Waals surface area (Å²) < 4.78 is 26.9. The van der Waals surface area contributed by atoms with Crippen LogP contribution in [0.3, 0.4) is 0 Å². The molecule has 0 bridgehead atoms. The molecule has 0 aliphatic rings. The molecule has 118 valence electrons. The van der Waals surface area contributed by atoms with Crippen LogP contribution in [0.15, 0.2) is 17.0 Å². The quantitative estimate of drug-likeness (QED) is 0.894.